The summed E-state index contributed by atoms with van der Waals surface area (Å²) in [5.74, 6) is 1.77. The molecule has 0 aliphatic carbocycles. The van der Waals surface area contributed by atoms with Crippen molar-refractivity contribution in [1.82, 2.24) is 4.90 Å². The van der Waals surface area contributed by atoms with Crippen LogP contribution in [0, 0.1) is 5.92 Å². The number of ether oxygens (including phenoxy) is 1. The average Bonchev–Trinajstić information content (AvgIpc) is 2.42. The highest BCUT2D eigenvalue weighted by Gasteiger charge is 2.23. The molecule has 1 aromatic rings. The minimum Gasteiger partial charge on any atom is -0.496 e. The van der Waals surface area contributed by atoms with Crippen LogP contribution in [0.15, 0.2) is 18.2 Å². The molecule has 0 spiro atoms. The van der Waals surface area contributed by atoms with Gasteiger partial charge in [0, 0.05) is 31.2 Å². The molecular formula is C16H26N2O. The van der Waals surface area contributed by atoms with Crippen molar-refractivity contribution >= 4 is 0 Å². The molecule has 0 aromatic heterocycles. The molecule has 106 valence electrons. The number of nitrogens with two attached hydrogens (primary N) is 1. The Kier molecular flexibility index (Phi) is 4.83. The summed E-state index contributed by atoms with van der Waals surface area (Å²) in [6, 6.07) is 6.92. The summed E-state index contributed by atoms with van der Waals surface area (Å²) >= 11 is 0. The van der Waals surface area contributed by atoms with E-state index >= 15 is 0 Å². The van der Waals surface area contributed by atoms with E-state index in [1.54, 1.807) is 7.11 Å². The molecule has 3 heteroatoms. The lowest BCUT2D eigenvalue weighted by Gasteiger charge is -2.37. The van der Waals surface area contributed by atoms with Crippen LogP contribution in [0.4, 0.5) is 0 Å². The molecule has 0 amide bonds. The molecule has 0 saturated carbocycles. The van der Waals surface area contributed by atoms with Gasteiger partial charge in [-0.05, 0) is 43.4 Å². The number of methoxy groups -OCH3 is 1. The summed E-state index contributed by atoms with van der Waals surface area (Å²) in [5.41, 5.74) is 8.17. The normalized spacial score (nSPS) is 24.4. The first kappa shape index (κ1) is 14.4. The molecule has 1 aromatic carbocycles. The van der Waals surface area contributed by atoms with Gasteiger partial charge >= 0.3 is 0 Å². The Bertz CT molecular complexity index is 419. The van der Waals surface area contributed by atoms with Gasteiger partial charge < -0.3 is 10.5 Å². The van der Waals surface area contributed by atoms with Gasteiger partial charge in [-0.2, -0.15) is 0 Å². The van der Waals surface area contributed by atoms with E-state index in [-0.39, 0.29) is 0 Å². The minimum atomic E-state index is 0.586. The average molecular weight is 262 g/mol. The lowest BCUT2D eigenvalue weighted by molar-refractivity contribution is 0.116. The van der Waals surface area contributed by atoms with Crippen LogP contribution in [-0.4, -0.2) is 24.6 Å². The molecule has 2 rings (SSSR count). The molecule has 19 heavy (non-hydrogen) atoms. The Labute approximate surface area is 116 Å². The van der Waals surface area contributed by atoms with Crippen LogP contribution in [0.5, 0.6) is 5.75 Å². The molecular weight excluding hydrogens is 236 g/mol. The number of rotatable bonds is 4. The maximum Gasteiger partial charge on any atom is 0.123 e. The summed E-state index contributed by atoms with van der Waals surface area (Å²) in [5, 5.41) is 0. The second kappa shape index (κ2) is 6.40. The van der Waals surface area contributed by atoms with Crippen LogP contribution >= 0.6 is 0 Å². The predicted octanol–water partition coefficient (Wildman–Crippen LogP) is 2.77. The van der Waals surface area contributed by atoms with E-state index in [4.69, 9.17) is 10.5 Å². The predicted molar refractivity (Wildman–Crippen MR) is 79.2 cm³/mol. The third-order valence-corrected chi connectivity index (χ3v) is 4.20. The van der Waals surface area contributed by atoms with Gasteiger partial charge in [-0.3, -0.25) is 4.90 Å². The monoisotopic (exact) mass is 262 g/mol. The zero-order valence-electron chi connectivity index (χ0n) is 12.4. The van der Waals surface area contributed by atoms with E-state index in [2.05, 4.69) is 24.8 Å². The molecule has 0 bridgehead atoms. The third kappa shape index (κ3) is 3.48. The van der Waals surface area contributed by atoms with E-state index in [1.165, 1.54) is 30.5 Å². The first-order chi connectivity index (χ1) is 9.13. The highest BCUT2D eigenvalue weighted by atomic mass is 16.5. The van der Waals surface area contributed by atoms with Gasteiger partial charge in [0.2, 0.25) is 0 Å². The van der Waals surface area contributed by atoms with Crippen molar-refractivity contribution in [2.75, 3.05) is 13.7 Å². The summed E-state index contributed by atoms with van der Waals surface area (Å²) < 4.78 is 5.48. The Morgan fingerprint density at radius 3 is 2.79 bits per heavy atom. The van der Waals surface area contributed by atoms with Crippen molar-refractivity contribution in [3.63, 3.8) is 0 Å². The Hall–Kier alpha value is -1.06. The molecule has 1 aliphatic heterocycles. The summed E-state index contributed by atoms with van der Waals surface area (Å²) in [6.07, 6.45) is 2.64. The van der Waals surface area contributed by atoms with E-state index in [9.17, 15) is 0 Å². The van der Waals surface area contributed by atoms with Gasteiger partial charge in [0.05, 0.1) is 7.11 Å². The van der Waals surface area contributed by atoms with Gasteiger partial charge in [-0.1, -0.05) is 13.0 Å². The second-order valence-corrected chi connectivity index (χ2v) is 5.81. The number of nitrogens with zero attached hydrogens (tertiary/aromatic N) is 1. The fourth-order valence-corrected chi connectivity index (χ4v) is 2.90. The SMILES string of the molecule is COc1ccc(CN)cc1CN1CC(C)CCC1C. The summed E-state index contributed by atoms with van der Waals surface area (Å²) in [4.78, 5) is 2.56. The molecule has 2 N–H and O–H groups in total. The van der Waals surface area contributed by atoms with Gasteiger partial charge in [0.15, 0.2) is 0 Å². The molecule has 0 radical (unpaired) electrons. The molecule has 1 saturated heterocycles. The second-order valence-electron chi connectivity index (χ2n) is 5.81. The van der Waals surface area contributed by atoms with Crippen molar-refractivity contribution in [1.29, 1.82) is 0 Å². The zero-order chi connectivity index (χ0) is 13.8. The van der Waals surface area contributed by atoms with Crippen LogP contribution < -0.4 is 10.5 Å². The lowest BCUT2D eigenvalue weighted by atomic mass is 9.94. The number of likely N-dealkylation sites (tertiary alicyclic amines) is 1. The van der Waals surface area contributed by atoms with Crippen molar-refractivity contribution in [2.45, 2.75) is 45.8 Å². The summed E-state index contributed by atoms with van der Waals surface area (Å²) in [7, 11) is 1.74. The lowest BCUT2D eigenvalue weighted by Crippen LogP contribution is -2.40. The highest BCUT2D eigenvalue weighted by molar-refractivity contribution is 5.37. The van der Waals surface area contributed by atoms with Crippen molar-refractivity contribution in [3.05, 3.63) is 29.3 Å². The number of hydrogen-bond acceptors (Lipinski definition) is 3. The fraction of sp³-hybridized carbons (Fsp3) is 0.625. The van der Waals surface area contributed by atoms with E-state index < -0.39 is 0 Å². The van der Waals surface area contributed by atoms with Crippen LogP contribution in [0.3, 0.4) is 0 Å². The van der Waals surface area contributed by atoms with E-state index in [1.807, 2.05) is 12.1 Å². The number of benzene rings is 1. The first-order valence-corrected chi connectivity index (χ1v) is 7.24. The van der Waals surface area contributed by atoms with Crippen LogP contribution in [0.25, 0.3) is 0 Å². The molecule has 2 unspecified atom stereocenters. The molecule has 1 heterocycles. The smallest absolute Gasteiger partial charge is 0.123 e. The van der Waals surface area contributed by atoms with Crippen LogP contribution in [0.1, 0.15) is 37.8 Å². The Morgan fingerprint density at radius 1 is 1.32 bits per heavy atom. The van der Waals surface area contributed by atoms with Gasteiger partial charge in [-0.15, -0.1) is 0 Å². The zero-order valence-corrected chi connectivity index (χ0v) is 12.4. The van der Waals surface area contributed by atoms with Crippen LogP contribution in [-0.2, 0) is 13.1 Å². The van der Waals surface area contributed by atoms with Gasteiger partial charge in [-0.25, -0.2) is 0 Å². The van der Waals surface area contributed by atoms with Crippen LogP contribution in [0.2, 0.25) is 0 Å². The topological polar surface area (TPSA) is 38.5 Å². The largest absolute Gasteiger partial charge is 0.496 e. The van der Waals surface area contributed by atoms with Crippen molar-refractivity contribution < 1.29 is 4.74 Å². The Morgan fingerprint density at radius 2 is 2.11 bits per heavy atom. The standard InChI is InChI=1S/C16H26N2O/c1-12-4-5-13(2)18(10-12)11-15-8-14(9-17)6-7-16(15)19-3/h6-8,12-13H,4-5,9-11,17H2,1-3H3. The molecule has 2 atom stereocenters. The van der Waals surface area contributed by atoms with Crippen molar-refractivity contribution in [2.24, 2.45) is 11.7 Å². The van der Waals surface area contributed by atoms with Gasteiger partial charge in [0.1, 0.15) is 5.75 Å². The quantitative estimate of drug-likeness (QED) is 0.907. The van der Waals surface area contributed by atoms with E-state index in [0.29, 0.717) is 12.6 Å². The number of piperidine rings is 1. The third-order valence-electron chi connectivity index (χ3n) is 4.20. The summed E-state index contributed by atoms with van der Waals surface area (Å²) in [6.45, 7) is 7.39. The maximum atomic E-state index is 5.74. The van der Waals surface area contributed by atoms with Crippen molar-refractivity contribution in [3.8, 4) is 5.75 Å². The van der Waals surface area contributed by atoms with Gasteiger partial charge in [0.25, 0.3) is 0 Å². The minimum absolute atomic E-state index is 0.586. The van der Waals surface area contributed by atoms with E-state index in [0.717, 1.165) is 18.2 Å². The molecule has 3 nitrogen and oxygen atoms in total. The highest BCUT2D eigenvalue weighted by Crippen LogP contribution is 2.27. The maximum absolute atomic E-state index is 5.74. The first-order valence-electron chi connectivity index (χ1n) is 7.24. The molecule has 1 aliphatic rings. The number of hydrogen-bond donors (Lipinski definition) is 1. The molecule has 1 fully saturated rings. The Balaban J connectivity index is 2.16. The fourth-order valence-electron chi connectivity index (χ4n) is 2.90.